The van der Waals surface area contributed by atoms with E-state index in [0.29, 0.717) is 40.4 Å². The number of hydrogen-bond donors (Lipinski definition) is 0. The van der Waals surface area contributed by atoms with E-state index in [9.17, 15) is 9.59 Å². The van der Waals surface area contributed by atoms with E-state index in [2.05, 4.69) is 26.1 Å². The summed E-state index contributed by atoms with van der Waals surface area (Å²) in [6, 6.07) is 7.21. The van der Waals surface area contributed by atoms with Crippen LogP contribution in [0.1, 0.15) is 60.1 Å². The van der Waals surface area contributed by atoms with E-state index in [1.54, 1.807) is 23.6 Å². The Hall–Kier alpha value is -2.74. The summed E-state index contributed by atoms with van der Waals surface area (Å²) in [5.74, 6) is 0.222. The summed E-state index contributed by atoms with van der Waals surface area (Å²) < 4.78 is 13.7. The van der Waals surface area contributed by atoms with E-state index in [4.69, 9.17) is 9.15 Å². The predicted octanol–water partition coefficient (Wildman–Crippen LogP) is 4.79. The Kier molecular flexibility index (Phi) is 6.02. The number of halogens is 1. The molecule has 0 saturated heterocycles. The maximum absolute atomic E-state index is 13.3. The van der Waals surface area contributed by atoms with Gasteiger partial charge < -0.3 is 13.7 Å². The summed E-state index contributed by atoms with van der Waals surface area (Å²) in [4.78, 5) is 24.9. The third kappa shape index (κ3) is 4.03. The molecule has 0 amide bonds. The van der Waals surface area contributed by atoms with Crippen LogP contribution in [-0.2, 0) is 16.0 Å². The van der Waals surface area contributed by atoms with Crippen LogP contribution in [0.5, 0.6) is 0 Å². The van der Waals surface area contributed by atoms with Gasteiger partial charge in [0, 0.05) is 34.6 Å². The van der Waals surface area contributed by atoms with Crippen molar-refractivity contribution >= 4 is 27.7 Å². The van der Waals surface area contributed by atoms with Crippen LogP contribution in [0.2, 0.25) is 0 Å². The molecule has 1 atom stereocenters. The maximum Gasteiger partial charge on any atom is 0.304 e. The minimum Gasteiger partial charge on any atom is -0.442 e. The second kappa shape index (κ2) is 8.32. The van der Waals surface area contributed by atoms with Gasteiger partial charge in [0.25, 0.3) is 5.89 Å². The van der Waals surface area contributed by atoms with Gasteiger partial charge >= 0.3 is 5.97 Å². The molecule has 2 aromatic heterocycles. The minimum absolute atomic E-state index is 0.133. The molecule has 0 aliphatic rings. The number of aryl methyl sites for hydroxylation is 1. The highest BCUT2D eigenvalue weighted by Gasteiger charge is 2.30. The summed E-state index contributed by atoms with van der Waals surface area (Å²) >= 11 is 3.41. The average molecular weight is 460 g/mol. The molecule has 0 aliphatic carbocycles. The lowest BCUT2D eigenvalue weighted by atomic mass is 10.00. The molecule has 8 heteroatoms. The first-order valence-corrected chi connectivity index (χ1v) is 10.1. The first-order valence-electron chi connectivity index (χ1n) is 9.26. The zero-order valence-electron chi connectivity index (χ0n) is 16.9. The standard InChI is InChI=1S/C21H22BrN3O4/c1-6-17-23-24-21(29-17)19-11(2)18(12(3)25(19)13(4)28-14(5)26)20(27)15-8-7-9-16(22)10-15/h7-10,13H,6H2,1-5H3. The maximum atomic E-state index is 13.3. The molecule has 7 nitrogen and oxygen atoms in total. The van der Waals surface area contributed by atoms with E-state index < -0.39 is 12.2 Å². The largest absolute Gasteiger partial charge is 0.442 e. The van der Waals surface area contributed by atoms with Crippen LogP contribution in [0.3, 0.4) is 0 Å². The molecule has 0 saturated carbocycles. The van der Waals surface area contributed by atoms with Crippen molar-refractivity contribution in [3.8, 4) is 11.6 Å². The molecular weight excluding hydrogens is 438 g/mol. The minimum atomic E-state index is -0.651. The Morgan fingerprint density at radius 2 is 2.00 bits per heavy atom. The molecule has 29 heavy (non-hydrogen) atoms. The van der Waals surface area contributed by atoms with E-state index in [1.165, 1.54) is 6.92 Å². The number of hydrogen-bond acceptors (Lipinski definition) is 6. The van der Waals surface area contributed by atoms with Crippen molar-refractivity contribution in [1.82, 2.24) is 14.8 Å². The number of carbonyl (C=O) groups excluding carboxylic acids is 2. The van der Waals surface area contributed by atoms with Crippen molar-refractivity contribution < 1.29 is 18.7 Å². The van der Waals surface area contributed by atoms with Crippen LogP contribution in [-0.4, -0.2) is 26.5 Å². The van der Waals surface area contributed by atoms with Gasteiger partial charge in [-0.1, -0.05) is 35.0 Å². The van der Waals surface area contributed by atoms with Crippen LogP contribution in [0, 0.1) is 13.8 Å². The van der Waals surface area contributed by atoms with Crippen LogP contribution >= 0.6 is 15.9 Å². The lowest BCUT2D eigenvalue weighted by Crippen LogP contribution is -2.15. The Bertz CT molecular complexity index is 1080. The van der Waals surface area contributed by atoms with Crippen molar-refractivity contribution in [1.29, 1.82) is 0 Å². The highest BCUT2D eigenvalue weighted by molar-refractivity contribution is 9.10. The number of ether oxygens (including phenoxy) is 1. The normalized spacial score (nSPS) is 12.1. The Morgan fingerprint density at radius 1 is 1.28 bits per heavy atom. The molecule has 0 aliphatic heterocycles. The van der Waals surface area contributed by atoms with Crippen molar-refractivity contribution in [2.45, 2.75) is 47.3 Å². The number of rotatable bonds is 6. The van der Waals surface area contributed by atoms with Gasteiger partial charge in [0.1, 0.15) is 5.69 Å². The number of ketones is 1. The van der Waals surface area contributed by atoms with Crippen molar-refractivity contribution in [3.63, 3.8) is 0 Å². The lowest BCUT2D eigenvalue weighted by Gasteiger charge is -2.18. The van der Waals surface area contributed by atoms with Crippen molar-refractivity contribution in [2.75, 3.05) is 0 Å². The Labute approximate surface area is 177 Å². The summed E-state index contributed by atoms with van der Waals surface area (Å²) in [6.07, 6.45) is -0.0584. The fourth-order valence-electron chi connectivity index (χ4n) is 3.47. The molecule has 0 N–H and O–H groups in total. The Morgan fingerprint density at radius 3 is 2.59 bits per heavy atom. The molecular formula is C21H22BrN3O4. The fourth-order valence-corrected chi connectivity index (χ4v) is 3.87. The zero-order valence-corrected chi connectivity index (χ0v) is 18.5. The molecule has 0 spiro atoms. The average Bonchev–Trinajstić information content (AvgIpc) is 3.22. The Balaban J connectivity index is 2.22. The summed E-state index contributed by atoms with van der Waals surface area (Å²) in [5.41, 5.74) is 2.99. The van der Waals surface area contributed by atoms with E-state index >= 15 is 0 Å². The monoisotopic (exact) mass is 459 g/mol. The van der Waals surface area contributed by atoms with Gasteiger partial charge in [0.2, 0.25) is 5.89 Å². The predicted molar refractivity (Wildman–Crippen MR) is 111 cm³/mol. The van der Waals surface area contributed by atoms with Crippen LogP contribution in [0.25, 0.3) is 11.6 Å². The van der Waals surface area contributed by atoms with E-state index in [0.717, 1.165) is 4.47 Å². The molecule has 3 rings (SSSR count). The van der Waals surface area contributed by atoms with Crippen LogP contribution in [0.4, 0.5) is 0 Å². The molecule has 2 heterocycles. The third-order valence-corrected chi connectivity index (χ3v) is 5.17. The summed E-state index contributed by atoms with van der Waals surface area (Å²) in [5, 5.41) is 8.18. The van der Waals surface area contributed by atoms with E-state index in [-0.39, 0.29) is 11.7 Å². The lowest BCUT2D eigenvalue weighted by molar-refractivity contribution is -0.149. The molecule has 3 aromatic rings. The molecule has 0 radical (unpaired) electrons. The van der Waals surface area contributed by atoms with Crippen molar-refractivity contribution in [2.24, 2.45) is 0 Å². The second-order valence-corrected chi connectivity index (χ2v) is 7.62. The quantitative estimate of drug-likeness (QED) is 0.388. The number of aromatic nitrogens is 3. The van der Waals surface area contributed by atoms with Crippen LogP contribution < -0.4 is 0 Å². The van der Waals surface area contributed by atoms with Gasteiger partial charge in [-0.3, -0.25) is 9.59 Å². The molecule has 0 fully saturated rings. The van der Waals surface area contributed by atoms with Gasteiger partial charge in [-0.05, 0) is 38.5 Å². The molecule has 152 valence electrons. The van der Waals surface area contributed by atoms with Gasteiger partial charge in [0.05, 0.1) is 0 Å². The second-order valence-electron chi connectivity index (χ2n) is 6.71. The number of carbonyl (C=O) groups is 2. The number of esters is 1. The SMILES string of the molecule is CCc1nnc(-c2c(C)c(C(=O)c3cccc(Br)c3)c(C)n2C(C)OC(C)=O)o1. The smallest absolute Gasteiger partial charge is 0.304 e. The fraction of sp³-hybridized carbons (Fsp3) is 0.333. The van der Waals surface area contributed by atoms with Gasteiger partial charge in [-0.2, -0.15) is 0 Å². The highest BCUT2D eigenvalue weighted by Crippen LogP contribution is 2.35. The first-order chi connectivity index (χ1) is 13.7. The summed E-state index contributed by atoms with van der Waals surface area (Å²) in [7, 11) is 0. The van der Waals surface area contributed by atoms with Gasteiger partial charge in [-0.25, -0.2) is 0 Å². The number of nitrogens with zero attached hydrogens (tertiary/aromatic N) is 3. The van der Waals surface area contributed by atoms with Gasteiger partial charge in [0.15, 0.2) is 12.0 Å². The topological polar surface area (TPSA) is 87.2 Å². The molecule has 1 aromatic carbocycles. The van der Waals surface area contributed by atoms with Gasteiger partial charge in [-0.15, -0.1) is 10.2 Å². The molecule has 1 unspecified atom stereocenters. The third-order valence-electron chi connectivity index (χ3n) is 4.68. The summed E-state index contributed by atoms with van der Waals surface area (Å²) in [6.45, 7) is 8.65. The number of benzene rings is 1. The van der Waals surface area contributed by atoms with E-state index in [1.807, 2.05) is 32.9 Å². The first kappa shape index (κ1) is 21.0. The molecule has 0 bridgehead atoms. The highest BCUT2D eigenvalue weighted by atomic mass is 79.9. The zero-order chi connectivity index (χ0) is 21.3. The van der Waals surface area contributed by atoms with Crippen LogP contribution in [0.15, 0.2) is 33.2 Å². The van der Waals surface area contributed by atoms with Crippen molar-refractivity contribution in [3.05, 3.63) is 57.0 Å².